The summed E-state index contributed by atoms with van der Waals surface area (Å²) in [4.78, 5) is 18.2. The molecule has 2 atom stereocenters. The summed E-state index contributed by atoms with van der Waals surface area (Å²) in [6.45, 7) is 0. The lowest BCUT2D eigenvalue weighted by molar-refractivity contribution is 0.178. The lowest BCUT2D eigenvalue weighted by Crippen LogP contribution is -2.44. The van der Waals surface area contributed by atoms with Crippen molar-refractivity contribution in [3.8, 4) is 0 Å². The van der Waals surface area contributed by atoms with Gasteiger partial charge in [0, 0.05) is 23.5 Å². The van der Waals surface area contributed by atoms with E-state index in [1.807, 2.05) is 0 Å². The van der Waals surface area contributed by atoms with Crippen molar-refractivity contribution >= 4 is 27.6 Å². The number of anilines is 1. The number of pyridine rings is 1. The summed E-state index contributed by atoms with van der Waals surface area (Å²) in [5, 5.41) is 2.81. The Hall–Kier alpha value is -2.02. The van der Waals surface area contributed by atoms with Crippen LogP contribution in [0.4, 0.5) is 19.3 Å². The molecule has 0 saturated carbocycles. The zero-order valence-corrected chi connectivity index (χ0v) is 14.2. The first-order valence-corrected chi connectivity index (χ1v) is 8.51. The molecule has 0 aliphatic carbocycles. The van der Waals surface area contributed by atoms with Crippen molar-refractivity contribution in [2.45, 2.75) is 31.3 Å². The summed E-state index contributed by atoms with van der Waals surface area (Å²) in [5.41, 5.74) is 1.98. The molecule has 1 N–H and O–H groups in total. The van der Waals surface area contributed by atoms with Crippen LogP contribution in [0, 0.1) is 11.8 Å². The first-order valence-electron chi connectivity index (χ1n) is 7.72. The highest BCUT2D eigenvalue weighted by atomic mass is 79.9. The van der Waals surface area contributed by atoms with Crippen LogP contribution in [0.15, 0.2) is 34.9 Å². The maximum absolute atomic E-state index is 13.9. The predicted molar refractivity (Wildman–Crippen MR) is 88.6 cm³/mol. The van der Waals surface area contributed by atoms with Gasteiger partial charge >= 0.3 is 6.03 Å². The van der Waals surface area contributed by atoms with Gasteiger partial charge in [0.1, 0.15) is 5.82 Å². The summed E-state index contributed by atoms with van der Waals surface area (Å²) in [6, 6.07) is 5.70. The highest BCUT2D eigenvalue weighted by molar-refractivity contribution is 9.10. The second-order valence-corrected chi connectivity index (χ2v) is 6.94. The van der Waals surface area contributed by atoms with Crippen molar-refractivity contribution in [1.82, 2.24) is 9.88 Å². The molecule has 2 aliphatic rings. The van der Waals surface area contributed by atoms with Crippen LogP contribution in [0.1, 0.15) is 30.0 Å². The van der Waals surface area contributed by atoms with E-state index in [-0.39, 0.29) is 23.9 Å². The van der Waals surface area contributed by atoms with Gasteiger partial charge in [-0.25, -0.2) is 14.2 Å². The molecule has 1 aromatic heterocycles. The van der Waals surface area contributed by atoms with Crippen LogP contribution >= 0.6 is 15.9 Å². The number of halogens is 3. The molecule has 3 heterocycles. The van der Waals surface area contributed by atoms with E-state index in [4.69, 9.17) is 0 Å². The van der Waals surface area contributed by atoms with Gasteiger partial charge in [-0.05, 0) is 65.0 Å². The van der Waals surface area contributed by atoms with E-state index in [1.54, 1.807) is 11.0 Å². The van der Waals surface area contributed by atoms with Gasteiger partial charge in [-0.2, -0.15) is 4.39 Å². The third-order valence-corrected chi connectivity index (χ3v) is 5.35. The zero-order valence-electron chi connectivity index (χ0n) is 12.6. The standard InChI is InChI=1S/C17H14BrF2N3O/c18-13-7-9(1-3-14(13)19)22-17(24)23-10-2-4-15(23)11-5-6-21-16(20)12(11)8-10/h1,3,5-7,10,15H,2,4,8H2,(H,22,24)/t10-,15+/m1/s1. The van der Waals surface area contributed by atoms with E-state index < -0.39 is 5.95 Å². The molecular formula is C17H14BrF2N3O. The Morgan fingerprint density at radius 2 is 2.12 bits per heavy atom. The lowest BCUT2D eigenvalue weighted by Gasteiger charge is -2.36. The predicted octanol–water partition coefficient (Wildman–Crippen LogP) is 4.42. The summed E-state index contributed by atoms with van der Waals surface area (Å²) in [7, 11) is 0. The molecule has 7 heteroatoms. The van der Waals surface area contributed by atoms with E-state index in [2.05, 4.69) is 26.2 Å². The number of rotatable bonds is 1. The van der Waals surface area contributed by atoms with E-state index in [0.29, 0.717) is 22.1 Å². The number of aromatic nitrogens is 1. The normalized spacial score (nSPS) is 21.5. The van der Waals surface area contributed by atoms with Gasteiger partial charge in [-0.15, -0.1) is 0 Å². The summed E-state index contributed by atoms with van der Waals surface area (Å²) in [6.07, 6.45) is 3.56. The fourth-order valence-electron chi connectivity index (χ4n) is 3.69. The van der Waals surface area contributed by atoms with E-state index in [1.165, 1.54) is 24.4 Å². The van der Waals surface area contributed by atoms with Crippen molar-refractivity contribution in [3.05, 3.63) is 57.8 Å². The molecule has 2 aliphatic heterocycles. The topological polar surface area (TPSA) is 45.2 Å². The monoisotopic (exact) mass is 393 g/mol. The van der Waals surface area contributed by atoms with Crippen molar-refractivity contribution in [2.24, 2.45) is 0 Å². The summed E-state index contributed by atoms with van der Waals surface area (Å²) >= 11 is 3.11. The molecule has 1 saturated heterocycles. The van der Waals surface area contributed by atoms with Crippen LogP contribution in [0.25, 0.3) is 0 Å². The van der Waals surface area contributed by atoms with E-state index >= 15 is 0 Å². The van der Waals surface area contributed by atoms with Gasteiger partial charge in [0.05, 0.1) is 10.5 Å². The number of hydrogen-bond donors (Lipinski definition) is 1. The minimum Gasteiger partial charge on any atom is -0.314 e. The fraction of sp³-hybridized carbons (Fsp3) is 0.294. The lowest BCUT2D eigenvalue weighted by atomic mass is 9.95. The minimum absolute atomic E-state index is 0.0370. The van der Waals surface area contributed by atoms with Gasteiger partial charge in [-0.1, -0.05) is 0 Å². The molecule has 0 spiro atoms. The number of nitrogens with zero attached hydrogens (tertiary/aromatic N) is 2. The highest BCUT2D eigenvalue weighted by Crippen LogP contribution is 2.44. The number of hydrogen-bond acceptors (Lipinski definition) is 2. The molecule has 4 nitrogen and oxygen atoms in total. The highest BCUT2D eigenvalue weighted by Gasteiger charge is 2.43. The molecule has 2 aromatic rings. The molecule has 1 aromatic carbocycles. The second kappa shape index (κ2) is 5.81. The van der Waals surface area contributed by atoms with Crippen LogP contribution in [-0.4, -0.2) is 22.0 Å². The van der Waals surface area contributed by atoms with Gasteiger partial charge in [-0.3, -0.25) is 0 Å². The number of benzene rings is 1. The molecule has 0 unspecified atom stereocenters. The first kappa shape index (κ1) is 15.5. The average Bonchev–Trinajstić information content (AvgIpc) is 2.87. The second-order valence-electron chi connectivity index (χ2n) is 6.09. The number of nitrogens with one attached hydrogen (secondary N) is 1. The Morgan fingerprint density at radius 1 is 1.29 bits per heavy atom. The van der Waals surface area contributed by atoms with Crippen LogP contribution in [0.3, 0.4) is 0 Å². The van der Waals surface area contributed by atoms with Crippen LogP contribution < -0.4 is 5.32 Å². The number of urea groups is 1. The molecule has 124 valence electrons. The largest absolute Gasteiger partial charge is 0.322 e. The quantitative estimate of drug-likeness (QED) is 0.729. The Kier molecular flexibility index (Phi) is 3.75. The molecule has 1 fully saturated rings. The van der Waals surface area contributed by atoms with Crippen molar-refractivity contribution in [3.63, 3.8) is 0 Å². The van der Waals surface area contributed by atoms with Crippen LogP contribution in [0.5, 0.6) is 0 Å². The summed E-state index contributed by atoms with van der Waals surface area (Å²) < 4.78 is 27.5. The van der Waals surface area contributed by atoms with Gasteiger partial charge in [0.15, 0.2) is 0 Å². The number of carbonyl (C=O) groups excluding carboxylic acids is 1. The van der Waals surface area contributed by atoms with Crippen LogP contribution in [0.2, 0.25) is 0 Å². The third-order valence-electron chi connectivity index (χ3n) is 4.75. The Morgan fingerprint density at radius 3 is 2.92 bits per heavy atom. The van der Waals surface area contributed by atoms with Crippen molar-refractivity contribution < 1.29 is 13.6 Å². The SMILES string of the molecule is O=C(Nc1ccc(F)c(Br)c1)N1[C@@H]2CC[C@H]1c1ccnc(F)c1C2. The maximum Gasteiger partial charge on any atom is 0.322 e. The summed E-state index contributed by atoms with van der Waals surface area (Å²) in [5.74, 6) is -0.824. The van der Waals surface area contributed by atoms with Gasteiger partial charge in [0.2, 0.25) is 5.95 Å². The molecule has 2 amide bonds. The third kappa shape index (κ3) is 2.47. The van der Waals surface area contributed by atoms with Crippen LogP contribution in [-0.2, 0) is 6.42 Å². The molecular weight excluding hydrogens is 380 g/mol. The Labute approximate surface area is 146 Å². The van der Waals surface area contributed by atoms with Gasteiger partial charge < -0.3 is 10.2 Å². The Balaban J connectivity index is 1.61. The van der Waals surface area contributed by atoms with E-state index in [0.717, 1.165) is 18.4 Å². The molecule has 2 bridgehead atoms. The average molecular weight is 394 g/mol. The molecule has 4 rings (SSSR count). The first-order chi connectivity index (χ1) is 11.5. The number of fused-ring (bicyclic) bond motifs is 4. The zero-order chi connectivity index (χ0) is 16.8. The van der Waals surface area contributed by atoms with Crippen molar-refractivity contribution in [1.29, 1.82) is 0 Å². The smallest absolute Gasteiger partial charge is 0.314 e. The van der Waals surface area contributed by atoms with E-state index in [9.17, 15) is 13.6 Å². The maximum atomic E-state index is 13.9. The Bertz CT molecular complexity index is 829. The molecule has 24 heavy (non-hydrogen) atoms. The van der Waals surface area contributed by atoms with Crippen molar-refractivity contribution in [2.75, 3.05) is 5.32 Å². The van der Waals surface area contributed by atoms with Gasteiger partial charge in [0.25, 0.3) is 0 Å². The number of amides is 2. The number of carbonyl (C=O) groups is 1. The minimum atomic E-state index is -0.438. The molecule has 0 radical (unpaired) electrons. The fourth-order valence-corrected chi connectivity index (χ4v) is 4.07.